The summed E-state index contributed by atoms with van der Waals surface area (Å²) in [7, 11) is 0. The van der Waals surface area contributed by atoms with Gasteiger partial charge in [0, 0.05) is 37.6 Å². The molecule has 2 N–H and O–H groups in total. The van der Waals surface area contributed by atoms with Crippen molar-refractivity contribution in [3.63, 3.8) is 0 Å². The van der Waals surface area contributed by atoms with Crippen molar-refractivity contribution in [3.05, 3.63) is 59.9 Å². The molecule has 2 aromatic rings. The number of anilines is 1. The van der Waals surface area contributed by atoms with Gasteiger partial charge in [0.25, 0.3) is 5.91 Å². The van der Waals surface area contributed by atoms with E-state index in [1.54, 1.807) is 17.2 Å². The summed E-state index contributed by atoms with van der Waals surface area (Å²) in [4.78, 5) is 30.1. The molecule has 0 spiro atoms. The van der Waals surface area contributed by atoms with Crippen molar-refractivity contribution in [1.29, 1.82) is 0 Å². The average molecular weight is 382 g/mol. The molecule has 1 aliphatic rings. The van der Waals surface area contributed by atoms with Gasteiger partial charge in [0.15, 0.2) is 0 Å². The highest BCUT2D eigenvalue weighted by molar-refractivity contribution is 5.93. The zero-order chi connectivity index (χ0) is 19.8. The summed E-state index contributed by atoms with van der Waals surface area (Å²) < 4.78 is 5.05. The average Bonchev–Trinajstić information content (AvgIpc) is 2.73. The van der Waals surface area contributed by atoms with Crippen LogP contribution >= 0.6 is 0 Å². The minimum Gasteiger partial charge on any atom is -0.450 e. The Labute approximate surface area is 165 Å². The second-order valence-electron chi connectivity index (χ2n) is 6.70. The summed E-state index contributed by atoms with van der Waals surface area (Å²) in [6.45, 7) is 3.98. The zero-order valence-corrected chi connectivity index (χ0v) is 16.1. The van der Waals surface area contributed by atoms with Gasteiger partial charge >= 0.3 is 6.09 Å². The first kappa shape index (κ1) is 19.7. The maximum atomic E-state index is 12.4. The number of pyridine rings is 1. The third-order valence-corrected chi connectivity index (χ3v) is 4.68. The van der Waals surface area contributed by atoms with Crippen LogP contribution in [0.1, 0.15) is 35.8 Å². The van der Waals surface area contributed by atoms with Crippen LogP contribution in [0, 0.1) is 0 Å². The number of benzene rings is 1. The molecule has 3 rings (SSSR count). The number of piperidine rings is 1. The van der Waals surface area contributed by atoms with Crippen LogP contribution in [0.2, 0.25) is 0 Å². The van der Waals surface area contributed by atoms with Gasteiger partial charge in [-0.1, -0.05) is 30.3 Å². The van der Waals surface area contributed by atoms with E-state index in [1.165, 1.54) is 0 Å². The van der Waals surface area contributed by atoms with E-state index in [-0.39, 0.29) is 18.0 Å². The molecule has 1 aromatic carbocycles. The smallest absolute Gasteiger partial charge is 0.409 e. The van der Waals surface area contributed by atoms with Crippen molar-refractivity contribution in [1.82, 2.24) is 15.2 Å². The van der Waals surface area contributed by atoms with Crippen LogP contribution in [0.25, 0.3) is 0 Å². The highest BCUT2D eigenvalue weighted by Crippen LogP contribution is 2.17. The topological polar surface area (TPSA) is 83.6 Å². The third kappa shape index (κ3) is 5.45. The molecule has 0 atom stereocenters. The molecule has 0 aliphatic carbocycles. The molecular formula is C21H26N4O3. The van der Waals surface area contributed by atoms with E-state index in [4.69, 9.17) is 4.74 Å². The fourth-order valence-corrected chi connectivity index (χ4v) is 3.17. The Hall–Kier alpha value is -3.09. The Morgan fingerprint density at radius 3 is 2.64 bits per heavy atom. The molecule has 0 unspecified atom stereocenters. The van der Waals surface area contributed by atoms with Crippen LogP contribution in [0.3, 0.4) is 0 Å². The summed E-state index contributed by atoms with van der Waals surface area (Å²) in [5, 5.41) is 6.33. The molecule has 7 nitrogen and oxygen atoms in total. The number of carbonyl (C=O) groups excluding carboxylic acids is 2. The fraction of sp³-hybridized carbons (Fsp3) is 0.381. The normalized spacial score (nSPS) is 14.4. The minimum absolute atomic E-state index is 0.204. The molecule has 7 heteroatoms. The van der Waals surface area contributed by atoms with Crippen molar-refractivity contribution in [2.24, 2.45) is 0 Å². The van der Waals surface area contributed by atoms with Crippen molar-refractivity contribution in [2.75, 3.05) is 25.0 Å². The fourth-order valence-electron chi connectivity index (χ4n) is 3.17. The number of likely N-dealkylation sites (tertiary alicyclic amines) is 1. The van der Waals surface area contributed by atoms with E-state index in [0.29, 0.717) is 31.9 Å². The van der Waals surface area contributed by atoms with Gasteiger partial charge in [0.1, 0.15) is 5.69 Å². The second kappa shape index (κ2) is 9.73. The van der Waals surface area contributed by atoms with E-state index in [2.05, 4.69) is 15.6 Å². The maximum Gasteiger partial charge on any atom is 0.409 e. The van der Waals surface area contributed by atoms with Gasteiger partial charge in [-0.15, -0.1) is 0 Å². The number of nitrogens with zero attached hydrogens (tertiary/aromatic N) is 2. The SMILES string of the molecule is CCOC(=O)N1CCC(Nc2ccnc(C(=O)NCc3ccccc3)c2)CC1. The first-order valence-corrected chi connectivity index (χ1v) is 9.62. The van der Waals surface area contributed by atoms with Gasteiger partial charge in [0.2, 0.25) is 0 Å². The molecule has 2 amide bonds. The van der Waals surface area contributed by atoms with Gasteiger partial charge in [-0.05, 0) is 37.5 Å². The van der Waals surface area contributed by atoms with Gasteiger partial charge in [-0.2, -0.15) is 0 Å². The predicted molar refractivity (Wildman–Crippen MR) is 107 cm³/mol. The second-order valence-corrected chi connectivity index (χ2v) is 6.70. The molecule has 1 fully saturated rings. The maximum absolute atomic E-state index is 12.4. The number of nitrogens with one attached hydrogen (secondary N) is 2. The van der Waals surface area contributed by atoms with Crippen LogP contribution in [0.4, 0.5) is 10.5 Å². The molecule has 2 heterocycles. The molecule has 1 saturated heterocycles. The first-order valence-electron chi connectivity index (χ1n) is 9.62. The van der Waals surface area contributed by atoms with Gasteiger partial charge in [-0.3, -0.25) is 9.78 Å². The highest BCUT2D eigenvalue weighted by atomic mass is 16.6. The number of aromatic nitrogens is 1. The third-order valence-electron chi connectivity index (χ3n) is 4.68. The van der Waals surface area contributed by atoms with Crippen molar-refractivity contribution in [3.8, 4) is 0 Å². The van der Waals surface area contributed by atoms with E-state index in [0.717, 1.165) is 24.1 Å². The van der Waals surface area contributed by atoms with Crippen LogP contribution in [-0.2, 0) is 11.3 Å². The number of hydrogen-bond donors (Lipinski definition) is 2. The Morgan fingerprint density at radius 1 is 1.18 bits per heavy atom. The van der Waals surface area contributed by atoms with Crippen LogP contribution < -0.4 is 10.6 Å². The Balaban J connectivity index is 1.51. The largest absolute Gasteiger partial charge is 0.450 e. The molecule has 1 aliphatic heterocycles. The molecule has 1 aromatic heterocycles. The van der Waals surface area contributed by atoms with Crippen molar-refractivity contribution < 1.29 is 14.3 Å². The first-order chi connectivity index (χ1) is 13.7. The molecular weight excluding hydrogens is 356 g/mol. The van der Waals surface area contributed by atoms with Crippen LogP contribution in [-0.4, -0.2) is 47.6 Å². The van der Waals surface area contributed by atoms with E-state index >= 15 is 0 Å². The summed E-state index contributed by atoms with van der Waals surface area (Å²) in [6, 6.07) is 13.6. The number of rotatable bonds is 6. The molecule has 28 heavy (non-hydrogen) atoms. The van der Waals surface area contributed by atoms with E-state index in [9.17, 15) is 9.59 Å². The Morgan fingerprint density at radius 2 is 1.93 bits per heavy atom. The Bertz CT molecular complexity index is 789. The van der Waals surface area contributed by atoms with Crippen molar-refractivity contribution >= 4 is 17.7 Å². The molecule has 148 valence electrons. The summed E-state index contributed by atoms with van der Waals surface area (Å²) in [6.07, 6.45) is 3.04. The zero-order valence-electron chi connectivity index (χ0n) is 16.1. The minimum atomic E-state index is -0.248. The predicted octanol–water partition coefficient (Wildman–Crippen LogP) is 3.04. The molecule has 0 radical (unpaired) electrons. The summed E-state index contributed by atoms with van der Waals surface area (Å²) in [5.41, 5.74) is 2.28. The van der Waals surface area contributed by atoms with E-state index < -0.39 is 0 Å². The number of ether oxygens (including phenoxy) is 1. The van der Waals surface area contributed by atoms with Crippen LogP contribution in [0.5, 0.6) is 0 Å². The summed E-state index contributed by atoms with van der Waals surface area (Å²) >= 11 is 0. The van der Waals surface area contributed by atoms with Crippen molar-refractivity contribution in [2.45, 2.75) is 32.4 Å². The van der Waals surface area contributed by atoms with E-state index in [1.807, 2.05) is 43.3 Å². The van der Waals surface area contributed by atoms with Crippen LogP contribution in [0.15, 0.2) is 48.7 Å². The lowest BCUT2D eigenvalue weighted by Gasteiger charge is -2.32. The number of hydrogen-bond acceptors (Lipinski definition) is 5. The summed E-state index contributed by atoms with van der Waals surface area (Å²) in [5.74, 6) is -0.204. The van der Waals surface area contributed by atoms with Gasteiger partial charge in [0.05, 0.1) is 6.61 Å². The lowest BCUT2D eigenvalue weighted by Crippen LogP contribution is -2.42. The van der Waals surface area contributed by atoms with Gasteiger partial charge in [-0.25, -0.2) is 4.79 Å². The Kier molecular flexibility index (Phi) is 6.84. The highest BCUT2D eigenvalue weighted by Gasteiger charge is 2.23. The standard InChI is InChI=1S/C21H26N4O3/c1-2-28-21(27)25-12-9-17(10-13-25)24-18-8-11-22-19(14-18)20(26)23-15-16-6-4-3-5-7-16/h3-8,11,14,17H,2,9-10,12-13,15H2,1H3,(H,22,24)(H,23,26). The quantitative estimate of drug-likeness (QED) is 0.802. The lowest BCUT2D eigenvalue weighted by atomic mass is 10.1. The number of carbonyl (C=O) groups is 2. The molecule has 0 bridgehead atoms. The number of amides is 2. The van der Waals surface area contributed by atoms with Gasteiger partial charge < -0.3 is 20.3 Å². The lowest BCUT2D eigenvalue weighted by molar-refractivity contribution is 0.0943. The molecule has 0 saturated carbocycles. The monoisotopic (exact) mass is 382 g/mol.